The van der Waals surface area contributed by atoms with Crippen LogP contribution in [0.2, 0.25) is 0 Å². The molecule has 2 heterocycles. The van der Waals surface area contributed by atoms with Gasteiger partial charge in [-0.15, -0.1) is 0 Å². The minimum absolute atomic E-state index is 0.0842. The molecule has 2 aromatic carbocycles. The van der Waals surface area contributed by atoms with Crippen molar-refractivity contribution in [3.8, 4) is 0 Å². The van der Waals surface area contributed by atoms with Crippen LogP contribution in [0.1, 0.15) is 37.8 Å². The highest BCUT2D eigenvalue weighted by Crippen LogP contribution is 2.24. The van der Waals surface area contributed by atoms with E-state index in [0.717, 1.165) is 22.0 Å². The third-order valence-corrected chi connectivity index (χ3v) is 9.01. The average Bonchev–Trinajstić information content (AvgIpc) is 3.30. The van der Waals surface area contributed by atoms with Gasteiger partial charge in [-0.05, 0) is 55.9 Å². The van der Waals surface area contributed by atoms with Crippen molar-refractivity contribution in [3.63, 3.8) is 0 Å². The molecule has 1 aliphatic heterocycles. The summed E-state index contributed by atoms with van der Waals surface area (Å²) in [6.07, 6.45) is 3.49. The van der Waals surface area contributed by atoms with E-state index in [1.807, 2.05) is 45.2 Å². The van der Waals surface area contributed by atoms with Crippen molar-refractivity contribution < 1.29 is 18.0 Å². The molecule has 0 unspecified atom stereocenters. The van der Waals surface area contributed by atoms with Gasteiger partial charge in [0.15, 0.2) is 0 Å². The molecule has 0 saturated carbocycles. The number of benzene rings is 2. The van der Waals surface area contributed by atoms with Crippen molar-refractivity contribution in [2.75, 3.05) is 19.6 Å². The van der Waals surface area contributed by atoms with Crippen LogP contribution in [0.4, 0.5) is 0 Å². The summed E-state index contributed by atoms with van der Waals surface area (Å²) in [7, 11) is -3.59. The van der Waals surface area contributed by atoms with E-state index in [0.29, 0.717) is 25.8 Å². The molecule has 0 aliphatic carbocycles. The molecule has 1 fully saturated rings. The van der Waals surface area contributed by atoms with Gasteiger partial charge in [-0.2, -0.15) is 4.31 Å². The second-order valence-electron chi connectivity index (χ2n) is 10.1. The van der Waals surface area contributed by atoms with E-state index in [4.69, 9.17) is 0 Å². The summed E-state index contributed by atoms with van der Waals surface area (Å²) in [6.45, 7) is 6.74. The summed E-state index contributed by atoms with van der Waals surface area (Å²) in [4.78, 5) is 29.5. The lowest BCUT2D eigenvalue weighted by Gasteiger charge is -2.32. The molecule has 1 saturated heterocycles. The molecule has 8 nitrogen and oxygen atoms in total. The third-order valence-electron chi connectivity index (χ3n) is 7.10. The minimum atomic E-state index is -3.59. The van der Waals surface area contributed by atoms with Crippen molar-refractivity contribution in [1.29, 1.82) is 0 Å². The van der Waals surface area contributed by atoms with Crippen LogP contribution in [0.5, 0.6) is 0 Å². The summed E-state index contributed by atoms with van der Waals surface area (Å²) in [5.74, 6) is -0.816. The van der Waals surface area contributed by atoms with Gasteiger partial charge in [0, 0.05) is 42.7 Å². The normalized spacial score (nSPS) is 16.1. The highest BCUT2D eigenvalue weighted by Gasteiger charge is 2.34. The number of aryl methyl sites for hydroxylation is 1. The summed E-state index contributed by atoms with van der Waals surface area (Å²) in [6, 6.07) is 14.2. The molecule has 1 aromatic heterocycles. The van der Waals surface area contributed by atoms with Gasteiger partial charge in [-0.25, -0.2) is 8.42 Å². The van der Waals surface area contributed by atoms with E-state index in [1.165, 1.54) is 4.31 Å². The Morgan fingerprint density at radius 2 is 1.73 bits per heavy atom. The fourth-order valence-corrected chi connectivity index (χ4v) is 6.26. The van der Waals surface area contributed by atoms with E-state index in [2.05, 4.69) is 21.7 Å². The first kappa shape index (κ1) is 26.9. The van der Waals surface area contributed by atoms with Gasteiger partial charge in [0.1, 0.15) is 6.04 Å². The summed E-state index contributed by atoms with van der Waals surface area (Å²) in [5.41, 5.74) is 3.19. The molecule has 9 heteroatoms. The van der Waals surface area contributed by atoms with Crippen molar-refractivity contribution in [1.82, 2.24) is 19.9 Å². The SMILES string of the molecule is Cc1ccc(S(=O)(=O)N2CCC(C(=O)N[C@H](C(=O)NCCc3c[nH]c4ccccc34)C(C)C)CC2)cc1. The highest BCUT2D eigenvalue weighted by molar-refractivity contribution is 7.89. The van der Waals surface area contributed by atoms with E-state index in [-0.39, 0.29) is 41.6 Å². The van der Waals surface area contributed by atoms with E-state index in [1.54, 1.807) is 24.3 Å². The molecule has 0 radical (unpaired) electrons. The number of rotatable bonds is 9. The summed E-state index contributed by atoms with van der Waals surface area (Å²) < 4.78 is 27.4. The van der Waals surface area contributed by atoms with Gasteiger partial charge in [-0.3, -0.25) is 9.59 Å². The first-order chi connectivity index (χ1) is 17.7. The number of nitrogens with one attached hydrogen (secondary N) is 3. The van der Waals surface area contributed by atoms with Crippen LogP contribution >= 0.6 is 0 Å². The Hall–Kier alpha value is -3.17. The number of piperidine rings is 1. The lowest BCUT2D eigenvalue weighted by molar-refractivity contribution is -0.132. The first-order valence-electron chi connectivity index (χ1n) is 12.9. The van der Waals surface area contributed by atoms with Gasteiger partial charge in [-0.1, -0.05) is 49.7 Å². The van der Waals surface area contributed by atoms with E-state index < -0.39 is 16.1 Å². The Balaban J connectivity index is 1.29. The first-order valence-corrected chi connectivity index (χ1v) is 14.3. The molecule has 4 rings (SSSR count). The Morgan fingerprint density at radius 1 is 1.05 bits per heavy atom. The van der Waals surface area contributed by atoms with Crippen LogP contribution in [-0.4, -0.2) is 55.2 Å². The van der Waals surface area contributed by atoms with Gasteiger partial charge >= 0.3 is 0 Å². The number of fused-ring (bicyclic) bond motifs is 1. The monoisotopic (exact) mass is 524 g/mol. The summed E-state index contributed by atoms with van der Waals surface area (Å²) >= 11 is 0. The van der Waals surface area contributed by atoms with Gasteiger partial charge in [0.2, 0.25) is 21.8 Å². The van der Waals surface area contributed by atoms with Crippen LogP contribution in [0.3, 0.4) is 0 Å². The molecular weight excluding hydrogens is 488 g/mol. The quantitative estimate of drug-likeness (QED) is 0.398. The highest BCUT2D eigenvalue weighted by atomic mass is 32.2. The van der Waals surface area contributed by atoms with E-state index in [9.17, 15) is 18.0 Å². The number of H-pyrrole nitrogens is 1. The van der Waals surface area contributed by atoms with Crippen LogP contribution < -0.4 is 10.6 Å². The number of amides is 2. The number of sulfonamides is 1. The topological polar surface area (TPSA) is 111 Å². The van der Waals surface area contributed by atoms with Crippen molar-refractivity contribution in [2.45, 2.75) is 51.0 Å². The zero-order valence-corrected chi connectivity index (χ0v) is 22.5. The zero-order chi connectivity index (χ0) is 26.6. The molecule has 0 spiro atoms. The number of nitrogens with zero attached hydrogens (tertiary/aromatic N) is 1. The molecule has 198 valence electrons. The number of para-hydroxylation sites is 1. The van der Waals surface area contributed by atoms with Gasteiger partial charge in [0.05, 0.1) is 4.90 Å². The Morgan fingerprint density at radius 3 is 2.41 bits per heavy atom. The van der Waals surface area contributed by atoms with Crippen LogP contribution in [0, 0.1) is 18.8 Å². The number of carbonyl (C=O) groups is 2. The second kappa shape index (κ2) is 11.5. The lowest BCUT2D eigenvalue weighted by atomic mass is 9.95. The smallest absolute Gasteiger partial charge is 0.243 e. The maximum absolute atomic E-state index is 13.0. The number of hydrogen-bond acceptors (Lipinski definition) is 4. The molecule has 3 aromatic rings. The van der Waals surface area contributed by atoms with Crippen molar-refractivity contribution >= 4 is 32.7 Å². The largest absolute Gasteiger partial charge is 0.361 e. The van der Waals surface area contributed by atoms with Crippen LogP contribution in [0.15, 0.2) is 59.6 Å². The fourth-order valence-electron chi connectivity index (χ4n) is 4.79. The average molecular weight is 525 g/mol. The summed E-state index contributed by atoms with van der Waals surface area (Å²) in [5, 5.41) is 7.03. The van der Waals surface area contributed by atoms with Gasteiger partial charge < -0.3 is 15.6 Å². The second-order valence-corrected chi connectivity index (χ2v) is 12.1. The third kappa shape index (κ3) is 6.22. The maximum atomic E-state index is 13.0. The molecular formula is C28H36N4O4S. The molecule has 37 heavy (non-hydrogen) atoms. The fraction of sp³-hybridized carbons (Fsp3) is 0.429. The Bertz CT molecular complexity index is 1340. The standard InChI is InChI=1S/C28H36N4O4S/c1-19(2)26(28(34)29-15-12-22-18-30-25-7-5-4-6-24(22)25)31-27(33)21-13-16-32(17-14-21)37(35,36)23-10-8-20(3)9-11-23/h4-11,18-19,21,26,30H,12-17H2,1-3H3,(H,29,34)(H,31,33)/t26-/m0/s1. The molecule has 1 aliphatic rings. The van der Waals surface area contributed by atoms with Crippen LogP contribution in [0.25, 0.3) is 10.9 Å². The van der Waals surface area contributed by atoms with Crippen molar-refractivity contribution in [2.24, 2.45) is 11.8 Å². The lowest BCUT2D eigenvalue weighted by Crippen LogP contribution is -2.52. The van der Waals surface area contributed by atoms with Crippen molar-refractivity contribution in [3.05, 3.63) is 65.9 Å². The Labute approximate surface area is 218 Å². The number of aromatic amines is 1. The molecule has 1 atom stereocenters. The number of hydrogen-bond donors (Lipinski definition) is 3. The predicted octanol–water partition coefficient (Wildman–Crippen LogP) is 3.38. The Kier molecular flexibility index (Phi) is 8.34. The minimum Gasteiger partial charge on any atom is -0.361 e. The molecule has 0 bridgehead atoms. The predicted molar refractivity (Wildman–Crippen MR) is 144 cm³/mol. The van der Waals surface area contributed by atoms with Gasteiger partial charge in [0.25, 0.3) is 0 Å². The molecule has 2 amide bonds. The number of carbonyl (C=O) groups excluding carboxylic acids is 2. The molecule has 3 N–H and O–H groups in total. The number of aromatic nitrogens is 1. The zero-order valence-electron chi connectivity index (χ0n) is 21.7. The maximum Gasteiger partial charge on any atom is 0.243 e. The van der Waals surface area contributed by atoms with Crippen LogP contribution in [-0.2, 0) is 26.0 Å². The van der Waals surface area contributed by atoms with E-state index >= 15 is 0 Å².